The predicted octanol–water partition coefficient (Wildman–Crippen LogP) is 15.5. The summed E-state index contributed by atoms with van der Waals surface area (Å²) in [6.07, 6.45) is 9.62. The maximum Gasteiger partial charge on any atom is 0.135 e. The van der Waals surface area contributed by atoms with Gasteiger partial charge in [0.05, 0.1) is 0 Å². The van der Waals surface area contributed by atoms with Crippen LogP contribution in [0.15, 0.2) is 180 Å². The Hall–Kier alpha value is -6.64. The molecule has 2 aliphatic rings. The summed E-state index contributed by atoms with van der Waals surface area (Å²) in [5, 5.41) is 2.27. The van der Waals surface area contributed by atoms with Gasteiger partial charge in [-0.05, 0) is 167 Å². The maximum absolute atomic E-state index is 6.26. The highest BCUT2D eigenvalue weighted by Gasteiger charge is 2.28. The Balaban J connectivity index is 1.02. The first-order valence-corrected chi connectivity index (χ1v) is 21.1. The van der Waals surface area contributed by atoms with E-state index in [1.54, 1.807) is 22.3 Å². The van der Waals surface area contributed by atoms with E-state index in [2.05, 4.69) is 175 Å². The highest BCUT2D eigenvalue weighted by molar-refractivity contribution is 6.06. The van der Waals surface area contributed by atoms with Crippen LogP contribution in [0.2, 0.25) is 0 Å². The third-order valence-electron chi connectivity index (χ3n) is 12.7. The normalized spacial score (nSPS) is 13.7. The molecule has 1 heterocycles. The van der Waals surface area contributed by atoms with Crippen LogP contribution in [0, 0.1) is 0 Å². The van der Waals surface area contributed by atoms with Crippen molar-refractivity contribution in [2.45, 2.75) is 51.4 Å². The van der Waals surface area contributed by atoms with E-state index in [9.17, 15) is 0 Å². The fourth-order valence-electron chi connectivity index (χ4n) is 9.95. The number of hydrogen-bond acceptors (Lipinski definition) is 2. The molecule has 0 bridgehead atoms. The van der Waals surface area contributed by atoms with Gasteiger partial charge in [-0.2, -0.15) is 0 Å². The number of fused-ring (bicyclic) bond motifs is 5. The van der Waals surface area contributed by atoms with E-state index >= 15 is 0 Å². The van der Waals surface area contributed by atoms with Gasteiger partial charge in [0, 0.05) is 27.8 Å². The van der Waals surface area contributed by atoms with E-state index in [0.717, 1.165) is 64.7 Å². The molecule has 0 spiro atoms. The average Bonchev–Trinajstić information content (AvgIpc) is 3.68. The molecule has 2 nitrogen and oxygen atoms in total. The smallest absolute Gasteiger partial charge is 0.135 e. The van der Waals surface area contributed by atoms with Gasteiger partial charge in [0.15, 0.2) is 0 Å². The van der Waals surface area contributed by atoms with Crippen LogP contribution in [0.3, 0.4) is 0 Å². The van der Waals surface area contributed by atoms with Crippen LogP contribution in [0.25, 0.3) is 66.4 Å². The Bertz CT molecular complexity index is 2870. The highest BCUT2D eigenvalue weighted by Crippen LogP contribution is 2.47. The fourth-order valence-corrected chi connectivity index (χ4v) is 9.95. The van der Waals surface area contributed by atoms with Crippen molar-refractivity contribution in [3.63, 3.8) is 0 Å². The Morgan fingerprint density at radius 3 is 1.21 bits per heavy atom. The van der Waals surface area contributed by atoms with Crippen molar-refractivity contribution in [1.82, 2.24) is 0 Å². The van der Waals surface area contributed by atoms with Crippen molar-refractivity contribution < 1.29 is 4.42 Å². The van der Waals surface area contributed by atoms with E-state index < -0.39 is 0 Å². The molecule has 58 heavy (non-hydrogen) atoms. The summed E-state index contributed by atoms with van der Waals surface area (Å²) in [6, 6.07) is 64.3. The van der Waals surface area contributed by atoms with E-state index in [4.69, 9.17) is 4.42 Å². The molecule has 8 aromatic carbocycles. The lowest BCUT2D eigenvalue weighted by molar-refractivity contribution is 0.662. The molecule has 280 valence electrons. The summed E-state index contributed by atoms with van der Waals surface area (Å²) < 4.78 is 6.26. The molecule has 9 aromatic rings. The first-order chi connectivity index (χ1) is 28.8. The summed E-state index contributed by atoms with van der Waals surface area (Å²) in [5.41, 5.74) is 22.3. The lowest BCUT2D eigenvalue weighted by atomic mass is 9.73. The molecule has 0 aliphatic heterocycles. The van der Waals surface area contributed by atoms with Crippen LogP contribution in [-0.4, -0.2) is 0 Å². The maximum atomic E-state index is 6.26. The van der Waals surface area contributed by atoms with Crippen LogP contribution < -0.4 is 4.90 Å². The number of anilines is 3. The minimum Gasteiger partial charge on any atom is -0.456 e. The molecule has 0 radical (unpaired) electrons. The first kappa shape index (κ1) is 34.6. The second kappa shape index (κ2) is 14.7. The Morgan fingerprint density at radius 2 is 0.690 bits per heavy atom. The van der Waals surface area contributed by atoms with Gasteiger partial charge in [-0.1, -0.05) is 127 Å². The second-order valence-electron chi connectivity index (χ2n) is 16.1. The van der Waals surface area contributed by atoms with Crippen molar-refractivity contribution in [3.05, 3.63) is 198 Å². The van der Waals surface area contributed by atoms with Crippen LogP contribution in [-0.2, 0) is 25.7 Å². The quantitative estimate of drug-likeness (QED) is 0.161. The van der Waals surface area contributed by atoms with Crippen LogP contribution in [0.5, 0.6) is 0 Å². The molecule has 1 aromatic heterocycles. The highest BCUT2D eigenvalue weighted by atomic mass is 16.3. The summed E-state index contributed by atoms with van der Waals surface area (Å²) in [4.78, 5) is 2.40. The minimum atomic E-state index is 0.907. The number of hydrogen-bond donors (Lipinski definition) is 0. The van der Waals surface area contributed by atoms with Gasteiger partial charge in [0.2, 0.25) is 0 Å². The summed E-state index contributed by atoms with van der Waals surface area (Å²) in [7, 11) is 0. The first-order valence-electron chi connectivity index (χ1n) is 21.1. The molecule has 0 unspecified atom stereocenters. The molecule has 0 saturated heterocycles. The van der Waals surface area contributed by atoms with Gasteiger partial charge in [-0.25, -0.2) is 0 Å². The zero-order valence-corrected chi connectivity index (χ0v) is 32.8. The van der Waals surface area contributed by atoms with Gasteiger partial charge in [0.25, 0.3) is 0 Å². The minimum absolute atomic E-state index is 0.907. The van der Waals surface area contributed by atoms with Crippen LogP contribution >= 0.6 is 0 Å². The molecular formula is C56H45NO. The molecule has 11 rings (SSSR count). The largest absolute Gasteiger partial charge is 0.456 e. The fraction of sp³-hybridized carbons (Fsp3) is 0.143. The number of furan rings is 1. The monoisotopic (exact) mass is 747 g/mol. The summed E-state index contributed by atoms with van der Waals surface area (Å²) >= 11 is 0. The lowest BCUT2D eigenvalue weighted by Gasteiger charge is -2.32. The van der Waals surface area contributed by atoms with Crippen LogP contribution in [0.1, 0.15) is 47.9 Å². The molecule has 0 atom stereocenters. The van der Waals surface area contributed by atoms with Crippen molar-refractivity contribution in [2.75, 3.05) is 4.90 Å². The molecule has 0 amide bonds. The average molecular weight is 748 g/mol. The third kappa shape index (κ3) is 6.12. The predicted molar refractivity (Wildman–Crippen MR) is 243 cm³/mol. The SMILES string of the molecule is c1ccc(-c2ccc(-c3c4c(c(-c5ccc(N(c6ccc(-c7ccccc7)cc6)c6ccc7oc8ccccc8c7c6)cc5)c5c3CCCC5)CCCC4)cc2)cc1. The standard InChI is InChI=1S/C56H45NO/c1-3-13-38(14-4-1)40-23-25-42(26-24-40)55-48-18-7-9-20-50(48)56(51-21-10-8-19-49(51)55)43-29-33-45(34-30-43)57(44-31-27-41(28-32-44)39-15-5-2-6-16-39)46-35-36-54-52(37-46)47-17-11-12-22-53(47)58-54/h1-6,11-17,22-37H,7-10,18-21H2. The number of benzene rings is 8. The Kier molecular flexibility index (Phi) is 8.77. The van der Waals surface area contributed by atoms with Crippen molar-refractivity contribution in [3.8, 4) is 44.5 Å². The Morgan fingerprint density at radius 1 is 0.310 bits per heavy atom. The third-order valence-corrected chi connectivity index (χ3v) is 12.7. The molecule has 0 fully saturated rings. The summed E-state index contributed by atoms with van der Waals surface area (Å²) in [6.45, 7) is 0. The second-order valence-corrected chi connectivity index (χ2v) is 16.1. The number of para-hydroxylation sites is 1. The molecule has 0 saturated carbocycles. The molecule has 0 N–H and O–H groups in total. The van der Waals surface area contributed by atoms with E-state index in [1.807, 2.05) is 6.07 Å². The number of rotatable bonds is 7. The van der Waals surface area contributed by atoms with Gasteiger partial charge in [-0.3, -0.25) is 0 Å². The van der Waals surface area contributed by atoms with E-state index in [0.29, 0.717) is 0 Å². The Labute approximate surface area is 341 Å². The van der Waals surface area contributed by atoms with E-state index in [1.165, 1.54) is 70.2 Å². The van der Waals surface area contributed by atoms with Crippen molar-refractivity contribution >= 4 is 39.0 Å². The zero-order chi connectivity index (χ0) is 38.4. The molecule has 2 heteroatoms. The number of nitrogens with zero attached hydrogens (tertiary/aromatic N) is 1. The van der Waals surface area contributed by atoms with Crippen LogP contribution in [0.4, 0.5) is 17.1 Å². The van der Waals surface area contributed by atoms with E-state index in [-0.39, 0.29) is 0 Å². The van der Waals surface area contributed by atoms with Gasteiger partial charge in [-0.15, -0.1) is 0 Å². The van der Waals surface area contributed by atoms with Gasteiger partial charge >= 0.3 is 0 Å². The summed E-state index contributed by atoms with van der Waals surface area (Å²) in [5.74, 6) is 0. The van der Waals surface area contributed by atoms with Gasteiger partial charge in [0.1, 0.15) is 11.2 Å². The lowest BCUT2D eigenvalue weighted by Crippen LogP contribution is -2.15. The molecular weight excluding hydrogens is 703 g/mol. The van der Waals surface area contributed by atoms with Crippen molar-refractivity contribution in [1.29, 1.82) is 0 Å². The molecule has 2 aliphatic carbocycles. The van der Waals surface area contributed by atoms with Gasteiger partial charge < -0.3 is 9.32 Å². The zero-order valence-electron chi connectivity index (χ0n) is 32.8. The topological polar surface area (TPSA) is 16.4 Å². The van der Waals surface area contributed by atoms with Crippen molar-refractivity contribution in [2.24, 2.45) is 0 Å².